The van der Waals surface area contributed by atoms with Crippen LogP contribution in [0.5, 0.6) is 0 Å². The van der Waals surface area contributed by atoms with Gasteiger partial charge < -0.3 is 15.4 Å². The van der Waals surface area contributed by atoms with E-state index in [0.717, 1.165) is 0 Å². The first-order chi connectivity index (χ1) is 9.56. The molecule has 0 saturated carbocycles. The minimum Gasteiger partial charge on any atom is -0.481 e. The lowest BCUT2D eigenvalue weighted by atomic mass is 10.1. The first-order valence-electron chi connectivity index (χ1n) is 5.85. The van der Waals surface area contributed by atoms with Crippen molar-refractivity contribution >= 4 is 17.6 Å². The Kier molecular flexibility index (Phi) is 3.95. The average Bonchev–Trinajstić information content (AvgIpc) is 2.38. The fourth-order valence-corrected chi connectivity index (χ4v) is 1.73. The molecular formula is C14H12N2O4. The summed E-state index contributed by atoms with van der Waals surface area (Å²) in [5.41, 5.74) is 0.619. The average molecular weight is 272 g/mol. The predicted molar refractivity (Wildman–Crippen MR) is 72.8 cm³/mol. The lowest BCUT2D eigenvalue weighted by molar-refractivity contribution is -0.136. The largest absolute Gasteiger partial charge is 0.481 e. The number of nitrogens with one attached hydrogen (secondary N) is 2. The Bertz CT molecular complexity index is 706. The number of carboxylic acid groups (broad SMARTS) is 1. The molecule has 2 rings (SSSR count). The van der Waals surface area contributed by atoms with Crippen LogP contribution in [0.4, 0.5) is 5.69 Å². The van der Waals surface area contributed by atoms with E-state index < -0.39 is 11.9 Å². The lowest BCUT2D eigenvalue weighted by Crippen LogP contribution is -2.20. The van der Waals surface area contributed by atoms with Gasteiger partial charge in [0.2, 0.25) is 0 Å². The van der Waals surface area contributed by atoms with E-state index in [0.29, 0.717) is 11.3 Å². The second kappa shape index (κ2) is 5.83. The highest BCUT2D eigenvalue weighted by molar-refractivity contribution is 6.04. The van der Waals surface area contributed by atoms with Crippen LogP contribution in [-0.2, 0) is 11.2 Å². The summed E-state index contributed by atoms with van der Waals surface area (Å²) in [6.07, 6.45) is 2.63. The summed E-state index contributed by atoms with van der Waals surface area (Å²) in [4.78, 5) is 36.7. The zero-order valence-electron chi connectivity index (χ0n) is 10.4. The summed E-state index contributed by atoms with van der Waals surface area (Å²) in [5.74, 6) is -1.49. The molecule has 0 fully saturated rings. The summed E-state index contributed by atoms with van der Waals surface area (Å²) in [7, 11) is 0. The van der Waals surface area contributed by atoms with E-state index in [4.69, 9.17) is 5.11 Å². The van der Waals surface area contributed by atoms with Gasteiger partial charge in [-0.2, -0.15) is 0 Å². The smallest absolute Gasteiger partial charge is 0.307 e. The number of hydrogen-bond acceptors (Lipinski definition) is 3. The normalized spacial score (nSPS) is 10.0. The Balaban J connectivity index is 2.18. The van der Waals surface area contributed by atoms with Gasteiger partial charge in [0.05, 0.1) is 6.42 Å². The third-order valence-electron chi connectivity index (χ3n) is 2.61. The number of anilines is 1. The number of aromatic amines is 1. The van der Waals surface area contributed by atoms with Crippen molar-refractivity contribution < 1.29 is 14.7 Å². The van der Waals surface area contributed by atoms with Crippen LogP contribution in [0.25, 0.3) is 0 Å². The van der Waals surface area contributed by atoms with Gasteiger partial charge in [0, 0.05) is 24.1 Å². The van der Waals surface area contributed by atoms with Crippen LogP contribution in [0.15, 0.2) is 47.5 Å². The Hall–Kier alpha value is -2.89. The van der Waals surface area contributed by atoms with Crippen LogP contribution < -0.4 is 10.7 Å². The van der Waals surface area contributed by atoms with Crippen LogP contribution in [0.3, 0.4) is 0 Å². The maximum atomic E-state index is 11.9. The molecule has 2 aromatic rings. The molecule has 6 nitrogen and oxygen atoms in total. The molecule has 20 heavy (non-hydrogen) atoms. The zero-order valence-corrected chi connectivity index (χ0v) is 10.4. The van der Waals surface area contributed by atoms with Crippen molar-refractivity contribution in [3.63, 3.8) is 0 Å². The minimum absolute atomic E-state index is 0.00358. The van der Waals surface area contributed by atoms with Crippen molar-refractivity contribution in [1.82, 2.24) is 4.98 Å². The van der Waals surface area contributed by atoms with E-state index in [9.17, 15) is 14.4 Å². The predicted octanol–water partition coefficient (Wildman–Crippen LogP) is 1.25. The van der Waals surface area contributed by atoms with Crippen LogP contribution in [0, 0.1) is 0 Å². The summed E-state index contributed by atoms with van der Waals surface area (Å²) in [6.45, 7) is 0. The topological polar surface area (TPSA) is 99.3 Å². The van der Waals surface area contributed by atoms with Gasteiger partial charge in [0.15, 0.2) is 5.43 Å². The van der Waals surface area contributed by atoms with Gasteiger partial charge in [-0.3, -0.25) is 14.4 Å². The van der Waals surface area contributed by atoms with Gasteiger partial charge in [0.25, 0.3) is 5.91 Å². The van der Waals surface area contributed by atoms with Crippen LogP contribution in [0.2, 0.25) is 0 Å². The van der Waals surface area contributed by atoms with E-state index in [1.807, 2.05) is 0 Å². The molecule has 102 valence electrons. The molecule has 0 spiro atoms. The monoisotopic (exact) mass is 272 g/mol. The molecule has 0 unspecified atom stereocenters. The Morgan fingerprint density at radius 3 is 2.75 bits per heavy atom. The molecule has 1 heterocycles. The van der Waals surface area contributed by atoms with E-state index in [1.54, 1.807) is 24.3 Å². The van der Waals surface area contributed by atoms with E-state index in [-0.39, 0.29) is 17.4 Å². The number of rotatable bonds is 4. The highest BCUT2D eigenvalue weighted by Gasteiger charge is 2.10. The number of amides is 1. The van der Waals surface area contributed by atoms with Crippen molar-refractivity contribution in [2.24, 2.45) is 0 Å². The Morgan fingerprint density at radius 1 is 1.25 bits per heavy atom. The van der Waals surface area contributed by atoms with Gasteiger partial charge in [-0.1, -0.05) is 12.1 Å². The summed E-state index contributed by atoms with van der Waals surface area (Å²) >= 11 is 0. The summed E-state index contributed by atoms with van der Waals surface area (Å²) < 4.78 is 0. The van der Waals surface area contributed by atoms with Gasteiger partial charge in [0.1, 0.15) is 5.56 Å². The third kappa shape index (κ3) is 3.32. The van der Waals surface area contributed by atoms with Crippen LogP contribution in [-0.4, -0.2) is 22.0 Å². The number of H-pyrrole nitrogens is 1. The molecule has 0 atom stereocenters. The fraction of sp³-hybridized carbons (Fsp3) is 0.0714. The second-order valence-corrected chi connectivity index (χ2v) is 4.15. The van der Waals surface area contributed by atoms with Gasteiger partial charge in [-0.05, 0) is 17.7 Å². The van der Waals surface area contributed by atoms with Crippen molar-refractivity contribution in [3.05, 3.63) is 64.1 Å². The Morgan fingerprint density at radius 2 is 2.05 bits per heavy atom. The Labute approximate surface area is 114 Å². The second-order valence-electron chi connectivity index (χ2n) is 4.15. The van der Waals surface area contributed by atoms with Gasteiger partial charge in [-0.15, -0.1) is 0 Å². The first kappa shape index (κ1) is 13.5. The number of benzene rings is 1. The molecule has 1 aromatic heterocycles. The van der Waals surface area contributed by atoms with Crippen LogP contribution >= 0.6 is 0 Å². The fourth-order valence-electron chi connectivity index (χ4n) is 1.73. The number of carbonyl (C=O) groups excluding carboxylic acids is 1. The van der Waals surface area contributed by atoms with Gasteiger partial charge >= 0.3 is 5.97 Å². The first-order valence-corrected chi connectivity index (χ1v) is 5.85. The molecule has 0 aliphatic heterocycles. The quantitative estimate of drug-likeness (QED) is 0.780. The molecule has 0 bridgehead atoms. The highest BCUT2D eigenvalue weighted by atomic mass is 16.4. The number of carbonyl (C=O) groups is 2. The maximum Gasteiger partial charge on any atom is 0.307 e. The van der Waals surface area contributed by atoms with Crippen LogP contribution in [0.1, 0.15) is 15.9 Å². The summed E-state index contributed by atoms with van der Waals surface area (Å²) in [5, 5.41) is 11.3. The molecule has 3 N–H and O–H groups in total. The number of pyridine rings is 1. The molecule has 1 amide bonds. The number of aliphatic carboxylic acids is 1. The molecule has 0 saturated heterocycles. The molecule has 0 radical (unpaired) electrons. The number of carboxylic acids is 1. The maximum absolute atomic E-state index is 11.9. The van der Waals surface area contributed by atoms with E-state index in [1.165, 1.54) is 18.5 Å². The molecule has 1 aromatic carbocycles. The standard InChI is InChI=1S/C14H12N2O4/c17-12-4-5-15-8-11(12)14(20)16-10-3-1-2-9(6-10)7-13(18)19/h1-6,8H,7H2,(H,15,17)(H,16,20)(H,18,19). The summed E-state index contributed by atoms with van der Waals surface area (Å²) in [6, 6.07) is 7.74. The van der Waals surface area contributed by atoms with Crippen molar-refractivity contribution in [3.8, 4) is 0 Å². The third-order valence-corrected chi connectivity index (χ3v) is 2.61. The van der Waals surface area contributed by atoms with E-state index in [2.05, 4.69) is 10.3 Å². The van der Waals surface area contributed by atoms with Crippen molar-refractivity contribution in [2.75, 3.05) is 5.32 Å². The number of hydrogen-bond donors (Lipinski definition) is 3. The number of aromatic nitrogens is 1. The van der Waals surface area contributed by atoms with Crippen molar-refractivity contribution in [2.45, 2.75) is 6.42 Å². The van der Waals surface area contributed by atoms with E-state index >= 15 is 0 Å². The SMILES string of the molecule is O=C(O)Cc1cccc(NC(=O)c2c[nH]ccc2=O)c1. The lowest BCUT2D eigenvalue weighted by Gasteiger charge is -2.06. The molecule has 0 aliphatic rings. The molecule has 6 heteroatoms. The molecular weight excluding hydrogens is 260 g/mol. The minimum atomic E-state index is -0.951. The molecule has 0 aliphatic carbocycles. The van der Waals surface area contributed by atoms with Crippen molar-refractivity contribution in [1.29, 1.82) is 0 Å². The zero-order chi connectivity index (χ0) is 14.5. The highest BCUT2D eigenvalue weighted by Crippen LogP contribution is 2.12. The van der Waals surface area contributed by atoms with Gasteiger partial charge in [-0.25, -0.2) is 0 Å².